The number of hydrogen-bond donors (Lipinski definition) is 1. The number of hydrogen-bond acceptors (Lipinski definition) is 5. The minimum atomic E-state index is 0.144. The van der Waals surface area contributed by atoms with Gasteiger partial charge in [0.05, 0.1) is 21.3 Å². The predicted molar refractivity (Wildman–Crippen MR) is 90.4 cm³/mol. The number of phenols is 1. The highest BCUT2D eigenvalue weighted by Crippen LogP contribution is 2.27. The van der Waals surface area contributed by atoms with Crippen LogP contribution in [0.5, 0.6) is 23.0 Å². The smallest absolute Gasteiger partial charge is 0.161 e. The minimum Gasteiger partial charge on any atom is -0.504 e. The van der Waals surface area contributed by atoms with Crippen LogP contribution in [0, 0.1) is 0 Å². The Kier molecular flexibility index (Phi) is 5.86. The Morgan fingerprint density at radius 1 is 0.913 bits per heavy atom. The van der Waals surface area contributed by atoms with E-state index in [2.05, 4.69) is 4.99 Å². The molecule has 2 rings (SSSR count). The zero-order valence-electron chi connectivity index (χ0n) is 13.6. The molecule has 0 amide bonds. The van der Waals surface area contributed by atoms with E-state index in [1.807, 2.05) is 30.3 Å². The van der Waals surface area contributed by atoms with Crippen LogP contribution < -0.4 is 14.2 Å². The maximum atomic E-state index is 9.57. The van der Waals surface area contributed by atoms with Gasteiger partial charge in [0, 0.05) is 12.8 Å². The second kappa shape index (κ2) is 8.08. The minimum absolute atomic E-state index is 0.144. The molecule has 0 bridgehead atoms. The molecule has 0 saturated carbocycles. The third-order valence-electron chi connectivity index (χ3n) is 3.42. The fourth-order valence-electron chi connectivity index (χ4n) is 2.17. The number of nitrogens with zero attached hydrogens (tertiary/aromatic N) is 1. The van der Waals surface area contributed by atoms with Gasteiger partial charge in [-0.15, -0.1) is 0 Å². The lowest BCUT2D eigenvalue weighted by Gasteiger charge is -2.07. The molecule has 0 saturated heterocycles. The summed E-state index contributed by atoms with van der Waals surface area (Å²) in [5.74, 6) is 2.00. The molecule has 0 heterocycles. The van der Waals surface area contributed by atoms with Gasteiger partial charge in [-0.3, -0.25) is 4.99 Å². The van der Waals surface area contributed by atoms with E-state index in [1.54, 1.807) is 26.5 Å². The molecule has 0 atom stereocenters. The summed E-state index contributed by atoms with van der Waals surface area (Å²) in [4.78, 5) is 4.42. The molecule has 5 nitrogen and oxygen atoms in total. The van der Waals surface area contributed by atoms with Crippen LogP contribution in [0.3, 0.4) is 0 Å². The Morgan fingerprint density at radius 2 is 1.65 bits per heavy atom. The van der Waals surface area contributed by atoms with Gasteiger partial charge in [-0.1, -0.05) is 6.07 Å². The van der Waals surface area contributed by atoms with Gasteiger partial charge in [0.1, 0.15) is 0 Å². The van der Waals surface area contributed by atoms with Crippen LogP contribution in [0.4, 0.5) is 0 Å². The summed E-state index contributed by atoms with van der Waals surface area (Å²) >= 11 is 0. The van der Waals surface area contributed by atoms with E-state index in [4.69, 9.17) is 14.2 Å². The molecule has 0 unspecified atom stereocenters. The van der Waals surface area contributed by atoms with E-state index in [0.29, 0.717) is 23.8 Å². The van der Waals surface area contributed by atoms with Crippen molar-refractivity contribution < 1.29 is 19.3 Å². The Bertz CT molecular complexity index is 683. The average molecular weight is 315 g/mol. The van der Waals surface area contributed by atoms with Crippen molar-refractivity contribution in [1.82, 2.24) is 0 Å². The van der Waals surface area contributed by atoms with Crippen molar-refractivity contribution in [3.8, 4) is 23.0 Å². The average Bonchev–Trinajstić information content (AvgIpc) is 2.59. The summed E-state index contributed by atoms with van der Waals surface area (Å²) in [5.41, 5.74) is 2.01. The van der Waals surface area contributed by atoms with Crippen molar-refractivity contribution in [2.24, 2.45) is 4.99 Å². The summed E-state index contributed by atoms with van der Waals surface area (Å²) in [6, 6.07) is 11.0. The number of aromatic hydroxyl groups is 1. The van der Waals surface area contributed by atoms with Crippen LogP contribution in [0.25, 0.3) is 0 Å². The zero-order chi connectivity index (χ0) is 16.7. The lowest BCUT2D eigenvalue weighted by atomic mass is 10.1. The number of phenolic OH excluding ortho intramolecular Hbond substituents is 1. The molecule has 23 heavy (non-hydrogen) atoms. The van der Waals surface area contributed by atoms with Gasteiger partial charge in [0.25, 0.3) is 0 Å². The lowest BCUT2D eigenvalue weighted by Crippen LogP contribution is -1.94. The molecule has 0 fully saturated rings. The molecule has 1 N–H and O–H groups in total. The first-order valence-corrected chi connectivity index (χ1v) is 7.25. The van der Waals surface area contributed by atoms with Gasteiger partial charge in [0.15, 0.2) is 23.0 Å². The molecule has 0 aliphatic heterocycles. The van der Waals surface area contributed by atoms with Crippen LogP contribution in [0.2, 0.25) is 0 Å². The van der Waals surface area contributed by atoms with Crippen molar-refractivity contribution >= 4 is 6.21 Å². The number of rotatable bonds is 7. The molecule has 122 valence electrons. The SMILES string of the molecule is COc1cc(CCN=Cc2ccc(OC)c(OC)c2)ccc1O. The molecule has 0 spiro atoms. The molecule has 0 aromatic heterocycles. The Morgan fingerprint density at radius 3 is 2.35 bits per heavy atom. The monoisotopic (exact) mass is 315 g/mol. The summed E-state index contributed by atoms with van der Waals surface area (Å²) in [6.07, 6.45) is 2.57. The fraction of sp³-hybridized carbons (Fsp3) is 0.278. The molecule has 2 aromatic carbocycles. The van der Waals surface area contributed by atoms with Gasteiger partial charge in [-0.2, -0.15) is 0 Å². The first-order valence-electron chi connectivity index (χ1n) is 7.25. The normalized spacial score (nSPS) is 10.7. The molecule has 0 radical (unpaired) electrons. The van der Waals surface area contributed by atoms with E-state index < -0.39 is 0 Å². The van der Waals surface area contributed by atoms with E-state index in [-0.39, 0.29) is 5.75 Å². The Hall–Kier alpha value is -2.69. The maximum absolute atomic E-state index is 9.57. The predicted octanol–water partition coefficient (Wildman–Crippen LogP) is 3.08. The Balaban J connectivity index is 1.97. The van der Waals surface area contributed by atoms with Crippen LogP contribution in [0.1, 0.15) is 11.1 Å². The van der Waals surface area contributed by atoms with Crippen LogP contribution in [-0.2, 0) is 6.42 Å². The fourth-order valence-corrected chi connectivity index (χ4v) is 2.17. The van der Waals surface area contributed by atoms with Crippen LogP contribution in [0.15, 0.2) is 41.4 Å². The lowest BCUT2D eigenvalue weighted by molar-refractivity contribution is 0.355. The second-order valence-corrected chi connectivity index (χ2v) is 4.91. The van der Waals surface area contributed by atoms with Crippen molar-refractivity contribution in [3.63, 3.8) is 0 Å². The molecular formula is C18H21NO4. The van der Waals surface area contributed by atoms with Crippen molar-refractivity contribution in [2.75, 3.05) is 27.9 Å². The summed E-state index contributed by atoms with van der Waals surface area (Å²) in [5, 5.41) is 9.57. The van der Waals surface area contributed by atoms with Gasteiger partial charge in [0.2, 0.25) is 0 Å². The van der Waals surface area contributed by atoms with E-state index in [1.165, 1.54) is 7.11 Å². The summed E-state index contributed by atoms with van der Waals surface area (Å²) < 4.78 is 15.6. The molecular weight excluding hydrogens is 294 g/mol. The summed E-state index contributed by atoms with van der Waals surface area (Å²) in [7, 11) is 4.75. The van der Waals surface area contributed by atoms with Crippen LogP contribution in [-0.4, -0.2) is 39.2 Å². The molecule has 5 heteroatoms. The second-order valence-electron chi connectivity index (χ2n) is 4.91. The highest BCUT2D eigenvalue weighted by Gasteiger charge is 2.03. The van der Waals surface area contributed by atoms with Crippen molar-refractivity contribution in [2.45, 2.75) is 6.42 Å². The number of aliphatic imine (C=N–C) groups is 1. The largest absolute Gasteiger partial charge is 0.504 e. The first kappa shape index (κ1) is 16.7. The quantitative estimate of drug-likeness (QED) is 0.798. The van der Waals surface area contributed by atoms with Gasteiger partial charge < -0.3 is 19.3 Å². The van der Waals surface area contributed by atoms with Gasteiger partial charge in [-0.25, -0.2) is 0 Å². The highest BCUT2D eigenvalue weighted by atomic mass is 16.5. The van der Waals surface area contributed by atoms with Gasteiger partial charge >= 0.3 is 0 Å². The van der Waals surface area contributed by atoms with Crippen molar-refractivity contribution in [3.05, 3.63) is 47.5 Å². The zero-order valence-corrected chi connectivity index (χ0v) is 13.6. The van der Waals surface area contributed by atoms with Gasteiger partial charge in [-0.05, 0) is 47.9 Å². The molecule has 0 aliphatic rings. The number of benzene rings is 2. The van der Waals surface area contributed by atoms with Crippen LogP contribution >= 0.6 is 0 Å². The van der Waals surface area contributed by atoms with E-state index in [9.17, 15) is 5.11 Å². The Labute approximate surface area is 136 Å². The topological polar surface area (TPSA) is 60.3 Å². The standard InChI is InChI=1S/C18H21NO4/c1-21-16-7-5-14(11-18(16)23-3)12-19-9-8-13-4-6-15(20)17(10-13)22-2/h4-7,10-12,20H,8-9H2,1-3H3. The first-order chi connectivity index (χ1) is 11.2. The number of methoxy groups -OCH3 is 3. The van der Waals surface area contributed by atoms with Crippen molar-refractivity contribution in [1.29, 1.82) is 0 Å². The maximum Gasteiger partial charge on any atom is 0.161 e. The number of ether oxygens (including phenoxy) is 3. The molecule has 0 aliphatic carbocycles. The van der Waals surface area contributed by atoms with E-state index >= 15 is 0 Å². The highest BCUT2D eigenvalue weighted by molar-refractivity contribution is 5.80. The molecule has 2 aromatic rings. The van der Waals surface area contributed by atoms with E-state index in [0.717, 1.165) is 17.5 Å². The third-order valence-corrected chi connectivity index (χ3v) is 3.42. The third kappa shape index (κ3) is 4.39. The summed E-state index contributed by atoms with van der Waals surface area (Å²) in [6.45, 7) is 0.641.